The molecular formula is C34H47F2N5O6S. The van der Waals surface area contributed by atoms with Crippen LogP contribution in [0, 0.1) is 11.6 Å². The number of aliphatic hydroxyl groups excluding tert-OH is 1. The first-order valence-corrected chi connectivity index (χ1v) is 18.1. The van der Waals surface area contributed by atoms with Gasteiger partial charge in [0.25, 0.3) is 5.91 Å². The van der Waals surface area contributed by atoms with E-state index in [1.807, 2.05) is 39.0 Å². The standard InChI is InChI=1S/C34H47F2N5O6S/c1-4-8-27(9-5-2)48(46,47)21-30(38-33(44)29-12-13-32(43)40-39-29)34(45)41(19-23-11-7-10-22(6-3)14-23)20-31(42)28(37)17-24-15-25(35)18-26(36)16-24/h7,10-11,14-16,18,27-28,30-31,42H,4-6,8-9,12-13,17,19-21,37H2,1-3H3,(H,38,44)(H,40,43)/t28-,30?,31+/m0/s1. The van der Waals surface area contributed by atoms with Crippen LogP contribution in [0.15, 0.2) is 47.6 Å². The molecule has 5 N–H and O–H groups in total. The van der Waals surface area contributed by atoms with E-state index >= 15 is 0 Å². The van der Waals surface area contributed by atoms with Crippen molar-refractivity contribution >= 4 is 33.3 Å². The zero-order chi connectivity index (χ0) is 35.4. The third kappa shape index (κ3) is 11.4. The van der Waals surface area contributed by atoms with E-state index in [1.165, 1.54) is 4.90 Å². The SMILES string of the molecule is CCCC(CCC)S(=O)(=O)CC(NC(=O)C1=NNC(=O)CC1)C(=O)N(Cc1cccc(CC)c1)C[C@@H](O)[C@@H](N)Cc1cc(F)cc(F)c1. The van der Waals surface area contributed by atoms with Crippen LogP contribution in [0.5, 0.6) is 0 Å². The quantitative estimate of drug-likeness (QED) is 0.186. The third-order valence-electron chi connectivity index (χ3n) is 8.28. The van der Waals surface area contributed by atoms with Crippen molar-refractivity contribution in [2.24, 2.45) is 10.8 Å². The Morgan fingerprint density at radius 3 is 2.25 bits per heavy atom. The van der Waals surface area contributed by atoms with E-state index in [4.69, 9.17) is 5.73 Å². The highest BCUT2D eigenvalue weighted by Gasteiger charge is 2.36. The van der Waals surface area contributed by atoms with Gasteiger partial charge in [-0.25, -0.2) is 22.6 Å². The summed E-state index contributed by atoms with van der Waals surface area (Å²) in [6.07, 6.45) is 1.17. The predicted octanol–water partition coefficient (Wildman–Crippen LogP) is 2.92. The van der Waals surface area contributed by atoms with Crippen molar-refractivity contribution in [1.82, 2.24) is 15.6 Å². The van der Waals surface area contributed by atoms with E-state index in [0.29, 0.717) is 37.7 Å². The first-order chi connectivity index (χ1) is 22.8. The van der Waals surface area contributed by atoms with Crippen molar-refractivity contribution in [3.63, 3.8) is 0 Å². The van der Waals surface area contributed by atoms with Crippen LogP contribution < -0.4 is 16.5 Å². The molecular weight excluding hydrogens is 644 g/mol. The van der Waals surface area contributed by atoms with Crippen molar-refractivity contribution < 1.29 is 36.7 Å². The molecule has 0 saturated carbocycles. The van der Waals surface area contributed by atoms with Gasteiger partial charge in [0.1, 0.15) is 23.4 Å². The number of nitrogens with one attached hydrogen (secondary N) is 2. The summed E-state index contributed by atoms with van der Waals surface area (Å²) in [4.78, 5) is 40.5. The van der Waals surface area contributed by atoms with E-state index in [9.17, 15) is 36.7 Å². The van der Waals surface area contributed by atoms with Crippen LogP contribution in [0.3, 0.4) is 0 Å². The Kier molecular flexibility index (Phi) is 14.6. The average Bonchev–Trinajstić information content (AvgIpc) is 3.03. The normalized spacial score (nSPS) is 15.3. The van der Waals surface area contributed by atoms with Gasteiger partial charge < -0.3 is 21.1 Å². The highest BCUT2D eigenvalue weighted by molar-refractivity contribution is 7.92. The number of aliphatic hydroxyl groups is 1. The second kappa shape index (κ2) is 18.1. The van der Waals surface area contributed by atoms with Crippen LogP contribution in [0.1, 0.15) is 76.0 Å². The minimum atomic E-state index is -3.92. The summed E-state index contributed by atoms with van der Waals surface area (Å²) < 4.78 is 55.1. The molecule has 1 aliphatic heterocycles. The molecule has 3 rings (SSSR count). The summed E-state index contributed by atoms with van der Waals surface area (Å²) in [5, 5.41) is 16.8. The maximum Gasteiger partial charge on any atom is 0.268 e. The molecule has 14 heteroatoms. The number of carbonyl (C=O) groups is 3. The lowest BCUT2D eigenvalue weighted by Gasteiger charge is -2.32. The van der Waals surface area contributed by atoms with Gasteiger partial charge in [0, 0.05) is 38.0 Å². The molecule has 0 radical (unpaired) electrons. The molecule has 2 aromatic carbocycles. The number of amides is 3. The number of hydrogen-bond donors (Lipinski definition) is 4. The van der Waals surface area contributed by atoms with Crippen LogP contribution in [-0.2, 0) is 43.6 Å². The lowest BCUT2D eigenvalue weighted by atomic mass is 10.0. The highest BCUT2D eigenvalue weighted by Crippen LogP contribution is 2.19. The third-order valence-corrected chi connectivity index (χ3v) is 10.6. The number of hydrazone groups is 1. The Bertz CT molecular complexity index is 1540. The molecule has 3 atom stereocenters. The van der Waals surface area contributed by atoms with Crippen LogP contribution >= 0.6 is 0 Å². The molecule has 3 amide bonds. The molecule has 0 fully saturated rings. The summed E-state index contributed by atoms with van der Waals surface area (Å²) in [5.74, 6) is -4.25. The number of nitrogens with zero attached hydrogens (tertiary/aromatic N) is 2. The van der Waals surface area contributed by atoms with E-state index < -0.39 is 62.5 Å². The molecule has 264 valence electrons. The molecule has 0 aromatic heterocycles. The molecule has 2 aromatic rings. The largest absolute Gasteiger partial charge is 0.390 e. The fourth-order valence-electron chi connectivity index (χ4n) is 5.69. The Labute approximate surface area is 281 Å². The fourth-order valence-corrected chi connectivity index (χ4v) is 7.84. The van der Waals surface area contributed by atoms with Gasteiger partial charge in [-0.05, 0) is 54.5 Å². The van der Waals surface area contributed by atoms with Crippen LogP contribution in [-0.4, -0.2) is 77.6 Å². The number of rotatable bonds is 18. The smallest absolute Gasteiger partial charge is 0.268 e. The summed E-state index contributed by atoms with van der Waals surface area (Å²) in [6.45, 7) is 5.28. The number of hydrogen-bond acceptors (Lipinski definition) is 8. The molecule has 0 spiro atoms. The van der Waals surface area contributed by atoms with Crippen molar-refractivity contribution in [2.45, 2.75) is 102 Å². The van der Waals surface area contributed by atoms with Crippen LogP contribution in [0.2, 0.25) is 0 Å². The zero-order valence-corrected chi connectivity index (χ0v) is 28.6. The summed E-state index contributed by atoms with van der Waals surface area (Å²) >= 11 is 0. The van der Waals surface area contributed by atoms with Gasteiger partial charge in [-0.2, -0.15) is 5.10 Å². The lowest BCUT2D eigenvalue weighted by molar-refractivity contribution is -0.137. The molecule has 0 saturated heterocycles. The van der Waals surface area contributed by atoms with Crippen molar-refractivity contribution in [2.75, 3.05) is 12.3 Å². The second-order valence-corrected chi connectivity index (χ2v) is 14.6. The van der Waals surface area contributed by atoms with Gasteiger partial charge in [-0.3, -0.25) is 14.4 Å². The predicted molar refractivity (Wildman–Crippen MR) is 179 cm³/mol. The van der Waals surface area contributed by atoms with E-state index in [1.54, 1.807) is 6.07 Å². The topological polar surface area (TPSA) is 171 Å². The molecule has 11 nitrogen and oxygen atoms in total. The maximum atomic E-state index is 14.4. The van der Waals surface area contributed by atoms with Crippen LogP contribution in [0.25, 0.3) is 0 Å². The first-order valence-electron chi connectivity index (χ1n) is 16.4. The fraction of sp³-hybridized carbons (Fsp3) is 0.529. The highest BCUT2D eigenvalue weighted by atomic mass is 32.2. The first kappa shape index (κ1) is 38.7. The van der Waals surface area contributed by atoms with Crippen molar-refractivity contribution in [1.29, 1.82) is 0 Å². The van der Waals surface area contributed by atoms with E-state index in [2.05, 4.69) is 15.8 Å². The van der Waals surface area contributed by atoms with Gasteiger partial charge in [0.05, 0.1) is 17.1 Å². The number of aryl methyl sites for hydroxylation is 1. The van der Waals surface area contributed by atoms with Gasteiger partial charge in [0.15, 0.2) is 9.84 Å². The van der Waals surface area contributed by atoms with Gasteiger partial charge in [-0.1, -0.05) is 57.9 Å². The average molecular weight is 692 g/mol. The Morgan fingerprint density at radius 2 is 1.67 bits per heavy atom. The number of benzene rings is 2. The summed E-state index contributed by atoms with van der Waals surface area (Å²) in [5.41, 5.74) is 10.3. The van der Waals surface area contributed by atoms with Crippen molar-refractivity contribution in [3.8, 4) is 0 Å². The number of carbonyl (C=O) groups excluding carboxylic acids is 3. The lowest BCUT2D eigenvalue weighted by Crippen LogP contribution is -2.56. The Morgan fingerprint density at radius 1 is 1.02 bits per heavy atom. The molecule has 48 heavy (non-hydrogen) atoms. The van der Waals surface area contributed by atoms with Gasteiger partial charge in [-0.15, -0.1) is 0 Å². The van der Waals surface area contributed by atoms with E-state index in [-0.39, 0.29) is 49.5 Å². The minimum Gasteiger partial charge on any atom is -0.390 e. The number of halogens is 2. The van der Waals surface area contributed by atoms with Crippen LogP contribution in [0.4, 0.5) is 8.78 Å². The second-order valence-electron chi connectivity index (χ2n) is 12.3. The zero-order valence-electron chi connectivity index (χ0n) is 27.8. The molecule has 1 unspecified atom stereocenters. The number of sulfone groups is 1. The Balaban J connectivity index is 1.98. The minimum absolute atomic E-state index is 0.00138. The monoisotopic (exact) mass is 691 g/mol. The summed E-state index contributed by atoms with van der Waals surface area (Å²) in [6, 6.07) is 7.70. The van der Waals surface area contributed by atoms with Gasteiger partial charge >= 0.3 is 0 Å². The molecule has 1 heterocycles. The molecule has 0 bridgehead atoms. The van der Waals surface area contributed by atoms with Crippen molar-refractivity contribution in [3.05, 3.63) is 70.8 Å². The summed E-state index contributed by atoms with van der Waals surface area (Å²) in [7, 11) is -3.92. The van der Waals surface area contributed by atoms with Gasteiger partial charge in [0.2, 0.25) is 11.8 Å². The Hall–Kier alpha value is -3.75. The molecule has 1 aliphatic rings. The maximum absolute atomic E-state index is 14.4. The number of nitrogens with two attached hydrogens (primary N) is 1. The van der Waals surface area contributed by atoms with E-state index in [0.717, 1.165) is 23.8 Å². The molecule has 0 aliphatic carbocycles.